The van der Waals surface area contributed by atoms with Gasteiger partial charge in [0.05, 0.1) is 17.6 Å². The molecule has 2 aromatic rings. The summed E-state index contributed by atoms with van der Waals surface area (Å²) >= 11 is 0. The molecule has 1 aliphatic heterocycles. The molecular formula is C17H20N2O3S. The average Bonchev–Trinajstić information content (AvgIpc) is 2.56. The van der Waals surface area contributed by atoms with Crippen LogP contribution in [0.3, 0.4) is 0 Å². The second-order valence-electron chi connectivity index (χ2n) is 5.80. The third-order valence-corrected chi connectivity index (χ3v) is 5.09. The normalized spacial score (nSPS) is 19.6. The molecule has 1 unspecified atom stereocenters. The van der Waals surface area contributed by atoms with Gasteiger partial charge in [0.25, 0.3) is 0 Å². The number of morpholine rings is 1. The first-order valence-corrected chi connectivity index (χ1v) is 9.44. The van der Waals surface area contributed by atoms with Gasteiger partial charge < -0.3 is 4.74 Å². The van der Waals surface area contributed by atoms with Gasteiger partial charge in [0.1, 0.15) is 0 Å². The Kier molecular flexibility index (Phi) is 4.75. The summed E-state index contributed by atoms with van der Waals surface area (Å²) in [5, 5.41) is 0. The smallest absolute Gasteiger partial charge is 0.175 e. The molecule has 6 heteroatoms. The van der Waals surface area contributed by atoms with Gasteiger partial charge in [0, 0.05) is 43.8 Å². The zero-order chi connectivity index (χ0) is 16.3. The third-order valence-electron chi connectivity index (χ3n) is 3.96. The summed E-state index contributed by atoms with van der Waals surface area (Å²) in [5.74, 6) is 0. The van der Waals surface area contributed by atoms with E-state index in [1.165, 1.54) is 6.26 Å². The number of benzene rings is 1. The molecule has 2 heterocycles. The molecule has 1 aromatic carbocycles. The SMILES string of the molecule is CS(=O)(=O)c1ccc(CN2CCOC(c3cccnc3)C2)cc1. The van der Waals surface area contributed by atoms with Gasteiger partial charge in [-0.2, -0.15) is 0 Å². The minimum atomic E-state index is -3.14. The zero-order valence-electron chi connectivity index (χ0n) is 13.1. The lowest BCUT2D eigenvalue weighted by Crippen LogP contribution is -2.37. The molecular weight excluding hydrogens is 312 g/mol. The molecule has 0 spiro atoms. The topological polar surface area (TPSA) is 59.5 Å². The van der Waals surface area contributed by atoms with Crippen LogP contribution >= 0.6 is 0 Å². The molecule has 1 aliphatic rings. The lowest BCUT2D eigenvalue weighted by Gasteiger charge is -2.33. The summed E-state index contributed by atoms with van der Waals surface area (Å²) in [6.07, 6.45) is 4.86. The van der Waals surface area contributed by atoms with E-state index < -0.39 is 9.84 Å². The summed E-state index contributed by atoms with van der Waals surface area (Å²) < 4.78 is 28.8. The van der Waals surface area contributed by atoms with Crippen LogP contribution in [0.2, 0.25) is 0 Å². The number of aromatic nitrogens is 1. The standard InChI is InChI=1S/C17H20N2O3S/c1-23(20,21)16-6-4-14(5-7-16)12-19-9-10-22-17(13-19)15-3-2-8-18-11-15/h2-8,11,17H,9-10,12-13H2,1H3. The number of pyridine rings is 1. The van der Waals surface area contributed by atoms with Gasteiger partial charge in [-0.05, 0) is 23.8 Å². The Bertz CT molecular complexity index is 745. The van der Waals surface area contributed by atoms with Crippen LogP contribution in [0.25, 0.3) is 0 Å². The molecule has 1 atom stereocenters. The van der Waals surface area contributed by atoms with Crippen molar-refractivity contribution in [2.45, 2.75) is 17.5 Å². The lowest BCUT2D eigenvalue weighted by atomic mass is 10.1. The molecule has 0 bridgehead atoms. The molecule has 0 saturated carbocycles. The van der Waals surface area contributed by atoms with Gasteiger partial charge in [0.15, 0.2) is 9.84 Å². The molecule has 3 rings (SSSR count). The lowest BCUT2D eigenvalue weighted by molar-refractivity contribution is -0.0330. The first kappa shape index (κ1) is 16.1. The summed E-state index contributed by atoms with van der Waals surface area (Å²) in [6, 6.07) is 11.0. The van der Waals surface area contributed by atoms with E-state index in [2.05, 4.69) is 9.88 Å². The number of rotatable bonds is 4. The maximum atomic E-state index is 11.5. The molecule has 23 heavy (non-hydrogen) atoms. The Hall–Kier alpha value is -1.76. The first-order valence-electron chi connectivity index (χ1n) is 7.55. The fourth-order valence-corrected chi connectivity index (χ4v) is 3.34. The predicted molar refractivity (Wildman–Crippen MR) is 87.8 cm³/mol. The fourth-order valence-electron chi connectivity index (χ4n) is 2.71. The van der Waals surface area contributed by atoms with E-state index in [-0.39, 0.29) is 6.10 Å². The van der Waals surface area contributed by atoms with Gasteiger partial charge in [-0.3, -0.25) is 9.88 Å². The van der Waals surface area contributed by atoms with E-state index in [1.54, 1.807) is 18.3 Å². The molecule has 0 N–H and O–H groups in total. The summed E-state index contributed by atoms with van der Waals surface area (Å²) in [4.78, 5) is 6.82. The Balaban J connectivity index is 1.66. The van der Waals surface area contributed by atoms with E-state index >= 15 is 0 Å². The van der Waals surface area contributed by atoms with Crippen LogP contribution in [0.4, 0.5) is 0 Å². The third kappa shape index (κ3) is 4.16. The largest absolute Gasteiger partial charge is 0.371 e. The molecule has 0 radical (unpaired) electrons. The summed E-state index contributed by atoms with van der Waals surface area (Å²) in [5.41, 5.74) is 2.19. The van der Waals surface area contributed by atoms with E-state index in [0.717, 1.165) is 30.8 Å². The molecule has 1 fully saturated rings. The van der Waals surface area contributed by atoms with Crippen LogP contribution < -0.4 is 0 Å². The van der Waals surface area contributed by atoms with Crippen molar-refractivity contribution in [3.63, 3.8) is 0 Å². The van der Waals surface area contributed by atoms with Crippen molar-refractivity contribution in [1.29, 1.82) is 0 Å². The van der Waals surface area contributed by atoms with E-state index in [4.69, 9.17) is 4.74 Å². The Labute approximate surface area is 136 Å². The van der Waals surface area contributed by atoms with E-state index in [0.29, 0.717) is 11.5 Å². The van der Waals surface area contributed by atoms with Crippen LogP contribution in [-0.4, -0.2) is 44.3 Å². The molecule has 122 valence electrons. The van der Waals surface area contributed by atoms with Gasteiger partial charge in [-0.1, -0.05) is 18.2 Å². The number of hydrogen-bond donors (Lipinski definition) is 0. The van der Waals surface area contributed by atoms with Crippen LogP contribution in [0.1, 0.15) is 17.2 Å². The fraction of sp³-hybridized carbons (Fsp3) is 0.353. The highest BCUT2D eigenvalue weighted by atomic mass is 32.2. The monoisotopic (exact) mass is 332 g/mol. The van der Waals surface area contributed by atoms with Gasteiger partial charge >= 0.3 is 0 Å². The van der Waals surface area contributed by atoms with Crippen molar-refractivity contribution in [1.82, 2.24) is 9.88 Å². The van der Waals surface area contributed by atoms with Crippen molar-refractivity contribution >= 4 is 9.84 Å². The van der Waals surface area contributed by atoms with E-state index in [9.17, 15) is 8.42 Å². The van der Waals surface area contributed by atoms with E-state index in [1.807, 2.05) is 30.5 Å². The van der Waals surface area contributed by atoms with Gasteiger partial charge in [-0.25, -0.2) is 8.42 Å². The Morgan fingerprint density at radius 2 is 2.04 bits per heavy atom. The number of sulfone groups is 1. The molecule has 5 nitrogen and oxygen atoms in total. The second kappa shape index (κ2) is 6.78. The Morgan fingerprint density at radius 1 is 1.26 bits per heavy atom. The van der Waals surface area contributed by atoms with Crippen molar-refractivity contribution in [2.24, 2.45) is 0 Å². The van der Waals surface area contributed by atoms with Crippen molar-refractivity contribution in [3.8, 4) is 0 Å². The average molecular weight is 332 g/mol. The highest BCUT2D eigenvalue weighted by Gasteiger charge is 2.22. The van der Waals surface area contributed by atoms with Crippen LogP contribution in [0, 0.1) is 0 Å². The van der Waals surface area contributed by atoms with Crippen molar-refractivity contribution in [2.75, 3.05) is 26.0 Å². The zero-order valence-corrected chi connectivity index (χ0v) is 13.9. The maximum Gasteiger partial charge on any atom is 0.175 e. The minimum absolute atomic E-state index is 0.0349. The van der Waals surface area contributed by atoms with Crippen LogP contribution in [0.5, 0.6) is 0 Å². The number of hydrogen-bond acceptors (Lipinski definition) is 5. The molecule has 1 aromatic heterocycles. The quantitative estimate of drug-likeness (QED) is 0.858. The molecule has 0 aliphatic carbocycles. The maximum absolute atomic E-state index is 11.5. The Morgan fingerprint density at radius 3 is 2.70 bits per heavy atom. The van der Waals surface area contributed by atoms with Crippen LogP contribution in [-0.2, 0) is 21.1 Å². The summed E-state index contributed by atoms with van der Waals surface area (Å²) in [6.45, 7) is 3.13. The van der Waals surface area contributed by atoms with Crippen LogP contribution in [0.15, 0.2) is 53.7 Å². The first-order chi connectivity index (χ1) is 11.0. The minimum Gasteiger partial charge on any atom is -0.371 e. The highest BCUT2D eigenvalue weighted by Crippen LogP contribution is 2.22. The summed E-state index contributed by atoms with van der Waals surface area (Å²) in [7, 11) is -3.14. The molecule has 0 amide bonds. The van der Waals surface area contributed by atoms with Crippen molar-refractivity contribution < 1.29 is 13.2 Å². The number of nitrogens with zero attached hydrogens (tertiary/aromatic N) is 2. The van der Waals surface area contributed by atoms with Gasteiger partial charge in [-0.15, -0.1) is 0 Å². The molecule has 1 saturated heterocycles. The predicted octanol–water partition coefficient (Wildman–Crippen LogP) is 2.06. The highest BCUT2D eigenvalue weighted by molar-refractivity contribution is 7.90. The second-order valence-corrected chi connectivity index (χ2v) is 7.81. The van der Waals surface area contributed by atoms with Crippen molar-refractivity contribution in [3.05, 3.63) is 59.9 Å². The number of ether oxygens (including phenoxy) is 1. The van der Waals surface area contributed by atoms with Gasteiger partial charge in [0.2, 0.25) is 0 Å².